The number of piperidine rings is 1. The van der Waals surface area contributed by atoms with E-state index in [1.54, 1.807) is 23.0 Å². The summed E-state index contributed by atoms with van der Waals surface area (Å²) in [6.45, 7) is 3.69. The predicted molar refractivity (Wildman–Crippen MR) is 111 cm³/mol. The highest BCUT2D eigenvalue weighted by atomic mass is 16.2. The van der Waals surface area contributed by atoms with Gasteiger partial charge in [-0.15, -0.1) is 0 Å². The van der Waals surface area contributed by atoms with Gasteiger partial charge in [0.05, 0.1) is 18.9 Å². The summed E-state index contributed by atoms with van der Waals surface area (Å²) in [5.74, 6) is -0.0990. The zero-order valence-electron chi connectivity index (χ0n) is 16.7. The Morgan fingerprint density at radius 3 is 3.00 bits per heavy atom. The minimum absolute atomic E-state index is 0.0167. The van der Waals surface area contributed by atoms with Crippen molar-refractivity contribution in [1.29, 1.82) is 0 Å². The maximum Gasteiger partial charge on any atom is 0.317 e. The zero-order chi connectivity index (χ0) is 20.4. The van der Waals surface area contributed by atoms with Crippen molar-refractivity contribution in [3.05, 3.63) is 53.7 Å². The first-order valence-corrected chi connectivity index (χ1v) is 9.88. The van der Waals surface area contributed by atoms with Gasteiger partial charge in [0.1, 0.15) is 5.69 Å². The van der Waals surface area contributed by atoms with Gasteiger partial charge in [0.25, 0.3) is 5.91 Å². The van der Waals surface area contributed by atoms with Crippen LogP contribution >= 0.6 is 0 Å². The molecule has 2 aromatic heterocycles. The van der Waals surface area contributed by atoms with E-state index in [0.29, 0.717) is 25.3 Å². The molecule has 0 bridgehead atoms. The molecule has 3 aromatic rings. The summed E-state index contributed by atoms with van der Waals surface area (Å²) < 4.78 is 0. The number of likely N-dealkylation sites (tertiary alicyclic amines) is 1. The molecule has 1 saturated heterocycles. The van der Waals surface area contributed by atoms with Crippen molar-refractivity contribution in [1.82, 2.24) is 30.1 Å². The van der Waals surface area contributed by atoms with Crippen LogP contribution in [0.4, 0.5) is 4.79 Å². The first-order chi connectivity index (χ1) is 14.0. The number of aryl methyl sites for hydroxylation is 1. The van der Waals surface area contributed by atoms with Crippen molar-refractivity contribution in [3.8, 4) is 0 Å². The molecule has 1 atom stereocenters. The highest BCUT2D eigenvalue weighted by Crippen LogP contribution is 2.18. The van der Waals surface area contributed by atoms with E-state index < -0.39 is 0 Å². The molecule has 8 nitrogen and oxygen atoms in total. The maximum atomic E-state index is 12.7. The average Bonchev–Trinajstić information content (AvgIpc) is 3.40. The van der Waals surface area contributed by atoms with Gasteiger partial charge in [0.2, 0.25) is 0 Å². The molecule has 4 rings (SSSR count). The number of rotatable bonds is 4. The molecule has 3 heterocycles. The summed E-state index contributed by atoms with van der Waals surface area (Å²) in [5, 5.41) is 4.12. The number of hydrogen-bond acceptors (Lipinski definition) is 3. The molecule has 1 fully saturated rings. The van der Waals surface area contributed by atoms with Gasteiger partial charge in [-0.1, -0.05) is 11.6 Å². The number of carbonyl (C=O) groups is 2. The van der Waals surface area contributed by atoms with E-state index in [9.17, 15) is 9.59 Å². The van der Waals surface area contributed by atoms with Crippen LogP contribution in [0.25, 0.3) is 10.9 Å². The molecule has 0 saturated carbocycles. The second-order valence-corrected chi connectivity index (χ2v) is 7.66. The lowest BCUT2D eigenvalue weighted by atomic mass is 10.0. The molecule has 3 amide bonds. The van der Waals surface area contributed by atoms with Crippen LogP contribution in [0.15, 0.2) is 36.8 Å². The number of fused-ring (bicyclic) bond motifs is 1. The Balaban J connectivity index is 1.34. The fraction of sp³-hybridized carbons (Fsp3) is 0.381. The molecule has 3 N–H and O–H groups in total. The van der Waals surface area contributed by atoms with Crippen molar-refractivity contribution in [2.24, 2.45) is 0 Å². The molecular formula is C21H26N6O2. The predicted octanol–water partition coefficient (Wildman–Crippen LogP) is 2.65. The molecule has 0 spiro atoms. The van der Waals surface area contributed by atoms with Crippen LogP contribution in [-0.4, -0.2) is 62.9 Å². The fourth-order valence-corrected chi connectivity index (χ4v) is 3.86. The van der Waals surface area contributed by atoms with E-state index in [2.05, 4.69) is 51.5 Å². The summed E-state index contributed by atoms with van der Waals surface area (Å²) in [6.07, 6.45) is 4.84. The quantitative estimate of drug-likeness (QED) is 0.635. The summed E-state index contributed by atoms with van der Waals surface area (Å²) in [4.78, 5) is 38.9. The minimum Gasteiger partial charge on any atom is -0.357 e. The SMILES string of the molecule is Cc1ccc2[nH]c(CNC(=O)N(C)[C@@H]3CCCN(C(=O)c4c[nH]cn4)C3)cc2c1. The highest BCUT2D eigenvalue weighted by molar-refractivity contribution is 5.92. The standard InChI is InChI=1S/C21H26N6O2/c1-14-5-6-18-15(8-14)9-16(25-18)10-23-21(29)26(2)17-4-3-7-27(12-17)20(28)19-11-22-13-24-19/h5-6,8-9,11,13,17,25H,3-4,7,10,12H2,1-2H3,(H,22,24)(H,23,29)/t17-/m1/s1. The third-order valence-corrected chi connectivity index (χ3v) is 5.53. The number of imidazole rings is 1. The first-order valence-electron chi connectivity index (χ1n) is 9.88. The molecule has 1 aliphatic heterocycles. The van der Waals surface area contributed by atoms with Crippen molar-refractivity contribution >= 4 is 22.8 Å². The second kappa shape index (κ2) is 7.98. The topological polar surface area (TPSA) is 97.1 Å². The second-order valence-electron chi connectivity index (χ2n) is 7.66. The van der Waals surface area contributed by atoms with Crippen molar-refractivity contribution < 1.29 is 9.59 Å². The molecule has 0 radical (unpaired) electrons. The largest absolute Gasteiger partial charge is 0.357 e. The van der Waals surface area contributed by atoms with Crippen LogP contribution in [0.5, 0.6) is 0 Å². The molecule has 0 unspecified atom stereocenters. The number of carbonyl (C=O) groups excluding carboxylic acids is 2. The number of H-pyrrole nitrogens is 2. The number of likely N-dealkylation sites (N-methyl/N-ethyl adjacent to an activating group) is 1. The lowest BCUT2D eigenvalue weighted by molar-refractivity contribution is 0.0631. The molecule has 29 heavy (non-hydrogen) atoms. The van der Waals surface area contributed by atoms with Crippen LogP contribution in [0.3, 0.4) is 0 Å². The summed E-state index contributed by atoms with van der Waals surface area (Å²) in [5.41, 5.74) is 3.64. The average molecular weight is 394 g/mol. The first kappa shape index (κ1) is 19.0. The van der Waals surface area contributed by atoms with Crippen LogP contribution in [0, 0.1) is 6.92 Å². The van der Waals surface area contributed by atoms with Crippen molar-refractivity contribution in [2.75, 3.05) is 20.1 Å². The summed E-state index contributed by atoms with van der Waals surface area (Å²) in [7, 11) is 1.79. The molecule has 0 aliphatic carbocycles. The Morgan fingerprint density at radius 2 is 2.21 bits per heavy atom. The van der Waals surface area contributed by atoms with Gasteiger partial charge in [-0.2, -0.15) is 0 Å². The van der Waals surface area contributed by atoms with Crippen molar-refractivity contribution in [2.45, 2.75) is 32.4 Å². The van der Waals surface area contributed by atoms with Crippen LogP contribution in [0.1, 0.15) is 34.6 Å². The number of aromatic amines is 2. The number of nitrogens with one attached hydrogen (secondary N) is 3. The highest BCUT2D eigenvalue weighted by Gasteiger charge is 2.29. The third-order valence-electron chi connectivity index (χ3n) is 5.53. The fourth-order valence-electron chi connectivity index (χ4n) is 3.86. The Hall–Kier alpha value is -3.29. The van der Waals surface area contributed by atoms with Gasteiger partial charge in [0.15, 0.2) is 0 Å². The Bertz CT molecular complexity index is 1010. The number of amides is 3. The molecule has 1 aliphatic rings. The monoisotopic (exact) mass is 394 g/mol. The lowest BCUT2D eigenvalue weighted by Gasteiger charge is -2.37. The van der Waals surface area contributed by atoms with Gasteiger partial charge in [0, 0.05) is 37.5 Å². The van der Waals surface area contributed by atoms with E-state index in [0.717, 1.165) is 29.4 Å². The lowest BCUT2D eigenvalue weighted by Crippen LogP contribution is -2.52. The Labute approximate surface area is 169 Å². The molecule has 1 aromatic carbocycles. The number of urea groups is 1. The Morgan fingerprint density at radius 1 is 1.34 bits per heavy atom. The number of aromatic nitrogens is 3. The van der Waals surface area contributed by atoms with E-state index >= 15 is 0 Å². The van der Waals surface area contributed by atoms with Crippen molar-refractivity contribution in [3.63, 3.8) is 0 Å². The van der Waals surface area contributed by atoms with E-state index in [-0.39, 0.29) is 18.0 Å². The van der Waals surface area contributed by atoms with Crippen LogP contribution < -0.4 is 5.32 Å². The Kier molecular flexibility index (Phi) is 5.24. The number of nitrogens with zero attached hydrogens (tertiary/aromatic N) is 3. The van der Waals surface area contributed by atoms with Gasteiger partial charge in [-0.05, 0) is 43.4 Å². The van der Waals surface area contributed by atoms with Crippen LogP contribution in [0.2, 0.25) is 0 Å². The number of benzene rings is 1. The van der Waals surface area contributed by atoms with Gasteiger partial charge in [-0.3, -0.25) is 4.79 Å². The maximum absolute atomic E-state index is 12.7. The van der Waals surface area contributed by atoms with Gasteiger partial charge < -0.3 is 25.1 Å². The van der Waals surface area contributed by atoms with Gasteiger partial charge >= 0.3 is 6.03 Å². The van der Waals surface area contributed by atoms with Gasteiger partial charge in [-0.25, -0.2) is 9.78 Å². The molecule has 152 valence electrons. The summed E-state index contributed by atoms with van der Waals surface area (Å²) >= 11 is 0. The zero-order valence-corrected chi connectivity index (χ0v) is 16.7. The minimum atomic E-state index is -0.140. The van der Waals surface area contributed by atoms with E-state index in [4.69, 9.17) is 0 Å². The molecular weight excluding hydrogens is 368 g/mol. The normalized spacial score (nSPS) is 16.8. The molecule has 8 heteroatoms. The van der Waals surface area contributed by atoms with Crippen LogP contribution in [-0.2, 0) is 6.54 Å². The number of hydrogen-bond donors (Lipinski definition) is 3. The summed E-state index contributed by atoms with van der Waals surface area (Å²) in [6, 6.07) is 8.14. The van der Waals surface area contributed by atoms with E-state index in [1.165, 1.54) is 11.9 Å². The third kappa shape index (κ3) is 4.11. The smallest absolute Gasteiger partial charge is 0.317 e. The van der Waals surface area contributed by atoms with E-state index in [1.807, 2.05) is 0 Å².